The third-order valence-electron chi connectivity index (χ3n) is 11.4. The highest BCUT2D eigenvalue weighted by atomic mass is 16.7. The molecule has 1 saturated heterocycles. The Kier molecular flexibility index (Phi) is 37.1. The third-order valence-corrected chi connectivity index (χ3v) is 11.4. The number of hydrogen-bond acceptors (Lipinski definition) is 13. The van der Waals surface area contributed by atoms with Gasteiger partial charge in [-0.05, 0) is 82.6 Å². The van der Waals surface area contributed by atoms with Gasteiger partial charge < -0.3 is 37.9 Å². The van der Waals surface area contributed by atoms with Crippen LogP contribution in [0.3, 0.4) is 0 Å². The van der Waals surface area contributed by atoms with Crippen LogP contribution < -0.4 is 0 Å². The Bertz CT molecular complexity index is 1730. The molecule has 1 fully saturated rings. The van der Waals surface area contributed by atoms with Crippen molar-refractivity contribution in [1.82, 2.24) is 0 Å². The van der Waals surface area contributed by atoms with E-state index in [0.29, 0.717) is 12.8 Å². The van der Waals surface area contributed by atoms with E-state index in [1.165, 1.54) is 20.8 Å². The number of carbonyl (C=O) groups excluding carboxylic acids is 5. The van der Waals surface area contributed by atoms with Crippen molar-refractivity contribution in [2.75, 3.05) is 26.4 Å². The molecule has 0 spiro atoms. The van der Waals surface area contributed by atoms with Crippen LogP contribution in [0.4, 0.5) is 0 Å². The fourth-order valence-corrected chi connectivity index (χ4v) is 7.71. The number of hydrogen-bond donors (Lipinski definition) is 0. The zero-order valence-corrected chi connectivity index (χ0v) is 44.3. The van der Waals surface area contributed by atoms with Crippen LogP contribution in [0.2, 0.25) is 0 Å². The van der Waals surface area contributed by atoms with Crippen molar-refractivity contribution < 1.29 is 61.9 Å². The Hall–Kier alpha value is -5.11. The highest BCUT2D eigenvalue weighted by Gasteiger charge is 2.52. The smallest absolute Gasteiger partial charge is 0.305 e. The second-order valence-corrected chi connectivity index (χ2v) is 18.0. The summed E-state index contributed by atoms with van der Waals surface area (Å²) in [6.07, 6.45) is 38.0. The minimum Gasteiger partial charge on any atom is -0.465 e. The average Bonchev–Trinajstić information content (AvgIpc) is 3.35. The van der Waals surface area contributed by atoms with E-state index < -0.39 is 54.5 Å². The summed E-state index contributed by atoms with van der Waals surface area (Å²) < 4.78 is 46.9. The average molecular weight is 1010 g/mol. The molecule has 13 heteroatoms. The highest BCUT2D eigenvalue weighted by molar-refractivity contribution is 5.70. The van der Waals surface area contributed by atoms with Gasteiger partial charge in [0.2, 0.25) is 0 Å². The zero-order chi connectivity index (χ0) is 52.3. The Labute approximate surface area is 431 Å². The minimum absolute atomic E-state index is 0.116. The number of unbranched alkanes of at least 4 members (excludes halogenated alkanes) is 10. The Balaban J connectivity index is 2.03. The number of rotatable bonds is 40. The van der Waals surface area contributed by atoms with Crippen LogP contribution in [0.25, 0.3) is 0 Å². The molecule has 0 N–H and O–H groups in total. The quantitative estimate of drug-likeness (QED) is 0.0265. The lowest BCUT2D eigenvalue weighted by molar-refractivity contribution is -0.312. The van der Waals surface area contributed by atoms with Crippen LogP contribution in [-0.4, -0.2) is 87.0 Å². The molecule has 1 aromatic rings. The molecular weight excluding hydrogens is 917 g/mol. The topological polar surface area (TPSA) is 159 Å². The molecule has 0 amide bonds. The zero-order valence-electron chi connectivity index (χ0n) is 44.3. The first-order chi connectivity index (χ1) is 35.0. The fourth-order valence-electron chi connectivity index (χ4n) is 7.71. The fraction of sp³-hybridized carbons (Fsp3) is 0.610. The second kappa shape index (κ2) is 42.4. The maximum absolute atomic E-state index is 13.0. The SMILES string of the molecule is CC/C=C\C/C=C\C/C=C\CCCCCCCC(=O)OCC(COC(=O)CCCCCCC/C=C\C/C=C\C/C=C\CC)CO[C@@H]1O[C@H](COCc2ccccc2)[C@H](OC(C)=O)[C@H](OC(C)=O)[C@H]1OC(C)=O. The molecule has 1 aliphatic rings. The van der Waals surface area contributed by atoms with E-state index in [1.807, 2.05) is 30.3 Å². The van der Waals surface area contributed by atoms with E-state index in [9.17, 15) is 24.0 Å². The normalized spacial score (nSPS) is 18.3. The molecule has 0 bridgehead atoms. The molecule has 1 aliphatic heterocycles. The van der Waals surface area contributed by atoms with Crippen molar-refractivity contribution in [3.05, 3.63) is 109 Å². The number of allylic oxidation sites excluding steroid dienone is 12. The Morgan fingerprint density at radius 3 is 1.43 bits per heavy atom. The van der Waals surface area contributed by atoms with Gasteiger partial charge >= 0.3 is 29.8 Å². The van der Waals surface area contributed by atoms with Crippen LogP contribution in [0, 0.1) is 5.92 Å². The molecule has 0 unspecified atom stereocenters. The first-order valence-electron chi connectivity index (χ1n) is 26.6. The molecule has 402 valence electrons. The van der Waals surface area contributed by atoms with Gasteiger partial charge in [-0.3, -0.25) is 24.0 Å². The molecular formula is C59H88O13. The van der Waals surface area contributed by atoms with E-state index >= 15 is 0 Å². The molecule has 1 aromatic carbocycles. The first kappa shape index (κ1) is 63.0. The van der Waals surface area contributed by atoms with Gasteiger partial charge in [0.1, 0.15) is 6.10 Å². The summed E-state index contributed by atoms with van der Waals surface area (Å²) in [6.45, 7) is 7.49. The van der Waals surface area contributed by atoms with Crippen molar-refractivity contribution in [1.29, 1.82) is 0 Å². The molecule has 2 rings (SSSR count). The third kappa shape index (κ3) is 32.8. The van der Waals surface area contributed by atoms with Gasteiger partial charge in [0.15, 0.2) is 24.6 Å². The number of esters is 5. The summed E-state index contributed by atoms with van der Waals surface area (Å²) in [4.78, 5) is 63.3. The van der Waals surface area contributed by atoms with E-state index in [0.717, 1.165) is 108 Å². The van der Waals surface area contributed by atoms with Gasteiger partial charge in [0.25, 0.3) is 0 Å². The molecule has 13 nitrogen and oxygen atoms in total. The Morgan fingerprint density at radius 2 is 0.944 bits per heavy atom. The maximum atomic E-state index is 13.0. The second-order valence-electron chi connectivity index (χ2n) is 18.0. The van der Waals surface area contributed by atoms with Crippen LogP contribution in [-0.2, 0) is 68.5 Å². The number of carbonyl (C=O) groups is 5. The summed E-state index contributed by atoms with van der Waals surface area (Å²) in [5, 5.41) is 0. The van der Waals surface area contributed by atoms with E-state index in [4.69, 9.17) is 37.9 Å². The molecule has 0 radical (unpaired) electrons. The lowest BCUT2D eigenvalue weighted by Gasteiger charge is -2.44. The maximum Gasteiger partial charge on any atom is 0.305 e. The molecule has 5 atom stereocenters. The van der Waals surface area contributed by atoms with Crippen LogP contribution in [0.1, 0.15) is 169 Å². The summed E-state index contributed by atoms with van der Waals surface area (Å²) in [7, 11) is 0. The summed E-state index contributed by atoms with van der Waals surface area (Å²) in [5.74, 6) is -3.54. The Morgan fingerprint density at radius 1 is 0.514 bits per heavy atom. The molecule has 0 aromatic heterocycles. The predicted octanol–water partition coefficient (Wildman–Crippen LogP) is 12.6. The summed E-state index contributed by atoms with van der Waals surface area (Å²) in [6, 6.07) is 9.41. The standard InChI is InChI=1S/C59H88O13/c1-6-8-10-12-14-16-18-20-22-24-26-28-30-32-37-41-54(63)66-44-52(45-67-55(64)42-38-33-31-29-27-25-23-21-19-17-15-13-11-9-7-2)46-68-59-58(71-50(5)62)57(70-49(4)61)56(69-48(3)60)53(72-59)47-65-43-51-39-35-34-36-40-51/h8-11,14-17,20-23,34-36,39-40,52-53,56-59H,6-7,12-13,18-19,24-33,37-38,41-47H2,1-5H3/b10-8-,11-9-,16-14-,17-15-,22-20-,23-21-/t53-,56+,57+,58-,59-/m1/s1. The van der Waals surface area contributed by atoms with Gasteiger partial charge in [-0.15, -0.1) is 0 Å². The van der Waals surface area contributed by atoms with Gasteiger partial charge in [-0.25, -0.2) is 0 Å². The number of ether oxygens (including phenoxy) is 8. The van der Waals surface area contributed by atoms with E-state index in [-0.39, 0.29) is 57.8 Å². The van der Waals surface area contributed by atoms with E-state index in [1.54, 1.807) is 0 Å². The van der Waals surface area contributed by atoms with Gasteiger partial charge in [0.05, 0.1) is 39.0 Å². The largest absolute Gasteiger partial charge is 0.465 e. The summed E-state index contributed by atoms with van der Waals surface area (Å²) >= 11 is 0. The molecule has 1 heterocycles. The van der Waals surface area contributed by atoms with E-state index in [2.05, 4.69) is 86.8 Å². The van der Waals surface area contributed by atoms with Crippen molar-refractivity contribution in [3.63, 3.8) is 0 Å². The van der Waals surface area contributed by atoms with Crippen LogP contribution in [0.15, 0.2) is 103 Å². The predicted molar refractivity (Wildman–Crippen MR) is 281 cm³/mol. The van der Waals surface area contributed by atoms with Gasteiger partial charge in [0, 0.05) is 33.6 Å². The monoisotopic (exact) mass is 1000 g/mol. The highest BCUT2D eigenvalue weighted by Crippen LogP contribution is 2.30. The first-order valence-corrected chi connectivity index (χ1v) is 26.6. The van der Waals surface area contributed by atoms with Gasteiger partial charge in [-0.2, -0.15) is 0 Å². The molecule has 72 heavy (non-hydrogen) atoms. The van der Waals surface area contributed by atoms with Crippen LogP contribution in [0.5, 0.6) is 0 Å². The van der Waals surface area contributed by atoms with Crippen molar-refractivity contribution in [3.8, 4) is 0 Å². The van der Waals surface area contributed by atoms with Crippen molar-refractivity contribution >= 4 is 29.8 Å². The van der Waals surface area contributed by atoms with Gasteiger partial charge in [-0.1, -0.05) is 156 Å². The van der Waals surface area contributed by atoms with Crippen LogP contribution >= 0.6 is 0 Å². The lowest BCUT2D eigenvalue weighted by atomic mass is 9.98. The molecule has 0 saturated carbocycles. The van der Waals surface area contributed by atoms with Crippen molar-refractivity contribution in [2.45, 2.75) is 200 Å². The minimum atomic E-state index is -1.38. The number of benzene rings is 1. The van der Waals surface area contributed by atoms with Crippen molar-refractivity contribution in [2.24, 2.45) is 5.92 Å². The molecule has 0 aliphatic carbocycles. The lowest BCUT2D eigenvalue weighted by Crippen LogP contribution is -2.63. The summed E-state index contributed by atoms with van der Waals surface area (Å²) in [5.41, 5.74) is 0.884.